The van der Waals surface area contributed by atoms with Gasteiger partial charge in [-0.25, -0.2) is 4.79 Å². The number of carboxylic acid groups (broad SMARTS) is 1. The molecule has 0 aliphatic heterocycles. The van der Waals surface area contributed by atoms with E-state index in [0.717, 1.165) is 0 Å². The van der Waals surface area contributed by atoms with Gasteiger partial charge in [-0.15, -0.1) is 0 Å². The van der Waals surface area contributed by atoms with Crippen molar-refractivity contribution >= 4 is 29.2 Å². The molecular formula is C27H24ClNO4. The quantitative estimate of drug-likeness (QED) is 0.466. The van der Waals surface area contributed by atoms with Gasteiger partial charge >= 0.3 is 5.97 Å². The fourth-order valence-corrected chi connectivity index (χ4v) is 3.17. The molecule has 1 unspecified atom stereocenters. The number of nitrogens with one attached hydrogen (secondary N) is 1. The molecule has 5 nitrogen and oxygen atoms in total. The highest BCUT2D eigenvalue weighted by Gasteiger charge is 2.33. The summed E-state index contributed by atoms with van der Waals surface area (Å²) in [5, 5.41) is 12.9. The lowest BCUT2D eigenvalue weighted by Crippen LogP contribution is -2.39. The molecular weight excluding hydrogens is 438 g/mol. The number of ether oxygens (including phenoxy) is 1. The number of carboxylic acids is 1. The van der Waals surface area contributed by atoms with Crippen molar-refractivity contribution in [1.29, 1.82) is 0 Å². The van der Waals surface area contributed by atoms with Gasteiger partial charge in [0.1, 0.15) is 5.75 Å². The summed E-state index contributed by atoms with van der Waals surface area (Å²) in [7, 11) is 0. The summed E-state index contributed by atoms with van der Waals surface area (Å²) in [6, 6.07) is 20.9. The molecule has 168 valence electrons. The smallest absolute Gasteiger partial charge is 0.345 e. The van der Waals surface area contributed by atoms with Crippen molar-refractivity contribution in [3.63, 3.8) is 0 Å². The molecule has 33 heavy (non-hydrogen) atoms. The van der Waals surface area contributed by atoms with E-state index >= 15 is 0 Å². The number of amides is 1. The minimum atomic E-state index is -1.05. The lowest BCUT2D eigenvalue weighted by molar-refractivity contribution is -0.150. The lowest BCUT2D eigenvalue weighted by atomic mass is 9.89. The van der Waals surface area contributed by atoms with Crippen LogP contribution in [0.25, 0.3) is 0 Å². The summed E-state index contributed by atoms with van der Waals surface area (Å²) in [6.07, 6.45) is -1.05. The van der Waals surface area contributed by atoms with E-state index in [4.69, 9.17) is 16.3 Å². The standard InChI is InChI=1S/C27H24ClNO4/c1-27(2,3)24(26(31)32)33-23-16-13-21(28)17-20(23)12-9-18-10-14-22(15-11-18)29-25(30)19-7-5-4-6-8-19/h4-8,10-11,13-17,24H,1-3H3,(H,29,30)(H,31,32). The van der Waals surface area contributed by atoms with Crippen LogP contribution >= 0.6 is 11.6 Å². The van der Waals surface area contributed by atoms with Gasteiger partial charge in [0.25, 0.3) is 5.91 Å². The Morgan fingerprint density at radius 2 is 1.64 bits per heavy atom. The zero-order valence-electron chi connectivity index (χ0n) is 18.6. The summed E-state index contributed by atoms with van der Waals surface area (Å²) >= 11 is 6.13. The molecule has 2 N–H and O–H groups in total. The molecule has 0 spiro atoms. The topological polar surface area (TPSA) is 75.6 Å². The van der Waals surface area contributed by atoms with Crippen molar-refractivity contribution in [2.45, 2.75) is 26.9 Å². The van der Waals surface area contributed by atoms with Crippen molar-refractivity contribution < 1.29 is 19.4 Å². The van der Waals surface area contributed by atoms with Crippen molar-refractivity contribution in [3.05, 3.63) is 94.5 Å². The summed E-state index contributed by atoms with van der Waals surface area (Å²) in [5.74, 6) is 5.15. The molecule has 1 amide bonds. The van der Waals surface area contributed by atoms with Crippen LogP contribution in [0.2, 0.25) is 5.02 Å². The summed E-state index contributed by atoms with van der Waals surface area (Å²) in [4.78, 5) is 24.0. The van der Waals surface area contributed by atoms with E-state index in [1.807, 2.05) is 18.2 Å². The third kappa shape index (κ3) is 6.61. The highest BCUT2D eigenvalue weighted by Crippen LogP contribution is 2.29. The Morgan fingerprint density at radius 3 is 2.24 bits per heavy atom. The van der Waals surface area contributed by atoms with Gasteiger partial charge in [-0.3, -0.25) is 4.79 Å². The second-order valence-electron chi connectivity index (χ2n) is 8.49. The van der Waals surface area contributed by atoms with Crippen LogP contribution in [-0.2, 0) is 4.79 Å². The minimum absolute atomic E-state index is 0.193. The maximum atomic E-state index is 12.3. The fourth-order valence-electron chi connectivity index (χ4n) is 3.00. The normalized spacial score (nSPS) is 11.6. The monoisotopic (exact) mass is 461 g/mol. The average molecular weight is 462 g/mol. The molecule has 3 rings (SSSR count). The number of benzene rings is 3. The fraction of sp³-hybridized carbons (Fsp3) is 0.185. The van der Waals surface area contributed by atoms with Gasteiger partial charge < -0.3 is 15.2 Å². The molecule has 0 bridgehead atoms. The SMILES string of the molecule is CC(C)(C)C(Oc1ccc(Cl)cc1C#Cc1ccc(NC(=O)c2ccccc2)cc1)C(=O)O. The molecule has 0 aliphatic rings. The molecule has 3 aromatic carbocycles. The Bertz CT molecular complexity index is 1200. The minimum Gasteiger partial charge on any atom is -0.478 e. The number of hydrogen-bond acceptors (Lipinski definition) is 3. The van der Waals surface area contributed by atoms with Gasteiger partial charge in [0.05, 0.1) is 5.56 Å². The van der Waals surface area contributed by atoms with Gasteiger partial charge in [-0.05, 0) is 54.6 Å². The van der Waals surface area contributed by atoms with E-state index in [1.54, 1.807) is 75.4 Å². The lowest BCUT2D eigenvalue weighted by Gasteiger charge is -2.28. The molecule has 0 saturated carbocycles. The first-order chi connectivity index (χ1) is 15.6. The van der Waals surface area contributed by atoms with Crippen LogP contribution in [0.5, 0.6) is 5.75 Å². The second-order valence-corrected chi connectivity index (χ2v) is 8.93. The zero-order valence-corrected chi connectivity index (χ0v) is 19.3. The number of anilines is 1. The van der Waals surface area contributed by atoms with E-state index in [9.17, 15) is 14.7 Å². The van der Waals surface area contributed by atoms with E-state index < -0.39 is 17.5 Å². The molecule has 6 heteroatoms. The molecule has 0 fully saturated rings. The third-order valence-corrected chi connectivity index (χ3v) is 4.95. The van der Waals surface area contributed by atoms with Crippen LogP contribution in [0.1, 0.15) is 42.3 Å². The van der Waals surface area contributed by atoms with E-state index in [-0.39, 0.29) is 5.91 Å². The van der Waals surface area contributed by atoms with Crippen LogP contribution in [0.3, 0.4) is 0 Å². The molecule has 0 aliphatic carbocycles. The Morgan fingerprint density at radius 1 is 0.970 bits per heavy atom. The third-order valence-electron chi connectivity index (χ3n) is 4.72. The van der Waals surface area contributed by atoms with Gasteiger partial charge in [0, 0.05) is 27.3 Å². The van der Waals surface area contributed by atoms with Crippen LogP contribution in [0, 0.1) is 17.3 Å². The molecule has 0 saturated heterocycles. The van der Waals surface area contributed by atoms with Crippen LogP contribution in [-0.4, -0.2) is 23.1 Å². The number of carbonyl (C=O) groups is 2. The largest absolute Gasteiger partial charge is 0.478 e. The zero-order chi connectivity index (χ0) is 24.0. The Kier molecular flexibility index (Phi) is 7.42. The number of halogens is 1. The Labute approximate surface area is 198 Å². The average Bonchev–Trinajstić information content (AvgIpc) is 2.77. The Hall–Kier alpha value is -3.75. The van der Waals surface area contributed by atoms with E-state index in [0.29, 0.717) is 33.1 Å². The highest BCUT2D eigenvalue weighted by atomic mass is 35.5. The van der Waals surface area contributed by atoms with E-state index in [2.05, 4.69) is 17.2 Å². The predicted molar refractivity (Wildman–Crippen MR) is 130 cm³/mol. The van der Waals surface area contributed by atoms with Gasteiger partial charge in [-0.1, -0.05) is 62.4 Å². The van der Waals surface area contributed by atoms with Crippen molar-refractivity contribution in [3.8, 4) is 17.6 Å². The maximum absolute atomic E-state index is 12.3. The molecule has 0 radical (unpaired) electrons. The summed E-state index contributed by atoms with van der Waals surface area (Å²) in [5.41, 5.74) is 1.81. The molecule has 0 heterocycles. The first-order valence-corrected chi connectivity index (χ1v) is 10.7. The number of rotatable bonds is 5. The van der Waals surface area contributed by atoms with Crippen molar-refractivity contribution in [1.82, 2.24) is 0 Å². The van der Waals surface area contributed by atoms with Crippen LogP contribution < -0.4 is 10.1 Å². The van der Waals surface area contributed by atoms with E-state index in [1.165, 1.54) is 0 Å². The summed E-state index contributed by atoms with van der Waals surface area (Å²) in [6.45, 7) is 5.39. The molecule has 0 aromatic heterocycles. The van der Waals surface area contributed by atoms with Crippen molar-refractivity contribution in [2.24, 2.45) is 5.41 Å². The maximum Gasteiger partial charge on any atom is 0.345 e. The van der Waals surface area contributed by atoms with Crippen LogP contribution in [0.15, 0.2) is 72.8 Å². The number of carbonyl (C=O) groups excluding carboxylic acids is 1. The predicted octanol–water partition coefficient (Wildman–Crippen LogP) is 5.87. The Balaban J connectivity index is 1.79. The van der Waals surface area contributed by atoms with Crippen molar-refractivity contribution in [2.75, 3.05) is 5.32 Å². The second kappa shape index (κ2) is 10.2. The first kappa shape index (κ1) is 23.9. The number of hydrogen-bond donors (Lipinski definition) is 2. The van der Waals surface area contributed by atoms with Gasteiger partial charge in [0.2, 0.25) is 0 Å². The molecule has 3 aromatic rings. The van der Waals surface area contributed by atoms with Gasteiger partial charge in [-0.2, -0.15) is 0 Å². The van der Waals surface area contributed by atoms with Crippen LogP contribution in [0.4, 0.5) is 5.69 Å². The highest BCUT2D eigenvalue weighted by molar-refractivity contribution is 6.30. The number of aliphatic carboxylic acids is 1. The summed E-state index contributed by atoms with van der Waals surface area (Å²) < 4.78 is 5.81. The first-order valence-electron chi connectivity index (χ1n) is 10.3. The van der Waals surface area contributed by atoms with Gasteiger partial charge in [0.15, 0.2) is 6.10 Å². The molecule has 1 atom stereocenters.